The Kier molecular flexibility index (Phi) is 7.98. The van der Waals surface area contributed by atoms with E-state index in [1.807, 2.05) is 0 Å². The zero-order valence-electron chi connectivity index (χ0n) is 12.1. The molecule has 0 aliphatic heterocycles. The van der Waals surface area contributed by atoms with E-state index in [0.717, 1.165) is 19.6 Å². The quantitative estimate of drug-likeness (QED) is 0.620. The smallest absolute Gasteiger partial charge is 0.00970 e. The van der Waals surface area contributed by atoms with Gasteiger partial charge < -0.3 is 15.5 Å². The van der Waals surface area contributed by atoms with Gasteiger partial charge in [-0.15, -0.1) is 0 Å². The number of hydrogen-bond acceptors (Lipinski definition) is 3. The van der Waals surface area contributed by atoms with Crippen LogP contribution in [0.1, 0.15) is 41.0 Å². The Morgan fingerprint density at radius 2 is 1.69 bits per heavy atom. The average molecular weight is 229 g/mol. The van der Waals surface area contributed by atoms with E-state index in [1.165, 1.54) is 13.0 Å². The van der Waals surface area contributed by atoms with E-state index in [4.69, 9.17) is 0 Å². The van der Waals surface area contributed by atoms with Gasteiger partial charge in [0.1, 0.15) is 0 Å². The molecule has 0 spiro atoms. The molecule has 3 heteroatoms. The predicted molar refractivity (Wildman–Crippen MR) is 73.0 cm³/mol. The van der Waals surface area contributed by atoms with Crippen molar-refractivity contribution in [3.05, 3.63) is 0 Å². The molecule has 3 nitrogen and oxygen atoms in total. The van der Waals surface area contributed by atoms with Crippen LogP contribution in [0.4, 0.5) is 0 Å². The summed E-state index contributed by atoms with van der Waals surface area (Å²) in [6, 6.07) is 0.655. The predicted octanol–water partition coefficient (Wildman–Crippen LogP) is 1.69. The summed E-state index contributed by atoms with van der Waals surface area (Å²) in [4.78, 5) is 2.38. The first-order valence-electron chi connectivity index (χ1n) is 6.49. The molecule has 0 fully saturated rings. The second-order valence-electron chi connectivity index (χ2n) is 5.85. The molecule has 0 aromatic carbocycles. The Labute approximate surface area is 102 Å². The fourth-order valence-corrected chi connectivity index (χ4v) is 1.36. The highest BCUT2D eigenvalue weighted by Gasteiger charge is 2.06. The molecule has 0 bridgehead atoms. The third-order valence-corrected chi connectivity index (χ3v) is 2.70. The van der Waals surface area contributed by atoms with Gasteiger partial charge in [0.25, 0.3) is 0 Å². The molecule has 0 atom stereocenters. The Morgan fingerprint density at radius 3 is 2.19 bits per heavy atom. The number of rotatable bonds is 8. The Morgan fingerprint density at radius 1 is 1.06 bits per heavy atom. The molecule has 0 aromatic rings. The van der Waals surface area contributed by atoms with Gasteiger partial charge in [-0.3, -0.25) is 0 Å². The zero-order valence-corrected chi connectivity index (χ0v) is 12.1. The van der Waals surface area contributed by atoms with Crippen molar-refractivity contribution in [3.8, 4) is 0 Å². The summed E-state index contributed by atoms with van der Waals surface area (Å²) in [7, 11) is 2.19. The SMILES string of the molecule is CC(C)N(C)CCCNCCNC(C)(C)C. The third-order valence-electron chi connectivity index (χ3n) is 2.70. The van der Waals surface area contributed by atoms with Gasteiger partial charge in [0, 0.05) is 24.7 Å². The van der Waals surface area contributed by atoms with Crippen LogP contribution in [0.25, 0.3) is 0 Å². The highest BCUT2D eigenvalue weighted by Crippen LogP contribution is 1.96. The maximum Gasteiger partial charge on any atom is 0.00970 e. The second-order valence-corrected chi connectivity index (χ2v) is 5.85. The van der Waals surface area contributed by atoms with Gasteiger partial charge in [0.05, 0.1) is 0 Å². The van der Waals surface area contributed by atoms with Crippen molar-refractivity contribution < 1.29 is 0 Å². The van der Waals surface area contributed by atoms with Crippen molar-refractivity contribution in [1.82, 2.24) is 15.5 Å². The van der Waals surface area contributed by atoms with Crippen LogP contribution in [0.2, 0.25) is 0 Å². The van der Waals surface area contributed by atoms with Crippen LogP contribution in [-0.4, -0.2) is 49.7 Å². The largest absolute Gasteiger partial charge is 0.315 e. The molecule has 98 valence electrons. The number of nitrogens with one attached hydrogen (secondary N) is 2. The lowest BCUT2D eigenvalue weighted by molar-refractivity contribution is 0.269. The third kappa shape index (κ3) is 10.4. The van der Waals surface area contributed by atoms with E-state index in [1.54, 1.807) is 0 Å². The first-order chi connectivity index (χ1) is 7.33. The summed E-state index contributed by atoms with van der Waals surface area (Å²) in [5.41, 5.74) is 0.236. The highest BCUT2D eigenvalue weighted by molar-refractivity contribution is 4.70. The van der Waals surface area contributed by atoms with Crippen LogP contribution in [0.5, 0.6) is 0 Å². The number of nitrogens with zero attached hydrogens (tertiary/aromatic N) is 1. The molecule has 0 saturated carbocycles. The molecule has 0 amide bonds. The van der Waals surface area contributed by atoms with Crippen molar-refractivity contribution in [1.29, 1.82) is 0 Å². The van der Waals surface area contributed by atoms with Gasteiger partial charge >= 0.3 is 0 Å². The monoisotopic (exact) mass is 229 g/mol. The summed E-state index contributed by atoms with van der Waals surface area (Å²) >= 11 is 0. The van der Waals surface area contributed by atoms with Gasteiger partial charge in [-0.05, 0) is 61.2 Å². The molecular weight excluding hydrogens is 198 g/mol. The van der Waals surface area contributed by atoms with Crippen molar-refractivity contribution in [2.75, 3.05) is 33.2 Å². The van der Waals surface area contributed by atoms with E-state index in [-0.39, 0.29) is 5.54 Å². The van der Waals surface area contributed by atoms with Crippen LogP contribution < -0.4 is 10.6 Å². The molecule has 0 aliphatic rings. The normalized spacial score (nSPS) is 12.8. The fraction of sp³-hybridized carbons (Fsp3) is 1.00. The lowest BCUT2D eigenvalue weighted by atomic mass is 10.1. The molecule has 0 radical (unpaired) electrons. The summed E-state index contributed by atoms with van der Waals surface area (Å²) < 4.78 is 0. The molecule has 0 aromatic heterocycles. The van der Waals surface area contributed by atoms with E-state index < -0.39 is 0 Å². The van der Waals surface area contributed by atoms with Crippen molar-refractivity contribution in [2.45, 2.75) is 52.6 Å². The fourth-order valence-electron chi connectivity index (χ4n) is 1.36. The summed E-state index contributed by atoms with van der Waals surface area (Å²) in [6.07, 6.45) is 1.23. The molecule has 2 N–H and O–H groups in total. The van der Waals surface area contributed by atoms with Gasteiger partial charge in [0.2, 0.25) is 0 Å². The Hall–Kier alpha value is -0.120. The zero-order chi connectivity index (χ0) is 12.6. The van der Waals surface area contributed by atoms with Crippen LogP contribution >= 0.6 is 0 Å². The van der Waals surface area contributed by atoms with E-state index >= 15 is 0 Å². The summed E-state index contributed by atoms with van der Waals surface area (Å²) in [5.74, 6) is 0. The lowest BCUT2D eigenvalue weighted by Gasteiger charge is -2.22. The molecule has 0 unspecified atom stereocenters. The highest BCUT2D eigenvalue weighted by atomic mass is 15.1. The molecule has 0 saturated heterocycles. The van der Waals surface area contributed by atoms with Crippen LogP contribution in [0.15, 0.2) is 0 Å². The molecule has 0 rings (SSSR count). The molecule has 0 aliphatic carbocycles. The summed E-state index contributed by atoms with van der Waals surface area (Å²) in [5, 5.41) is 6.93. The minimum absolute atomic E-state index is 0.236. The lowest BCUT2D eigenvalue weighted by Crippen LogP contribution is -2.40. The van der Waals surface area contributed by atoms with Gasteiger partial charge in [-0.2, -0.15) is 0 Å². The first-order valence-corrected chi connectivity index (χ1v) is 6.49. The molecular formula is C13H31N3. The van der Waals surface area contributed by atoms with Crippen molar-refractivity contribution in [2.24, 2.45) is 0 Å². The van der Waals surface area contributed by atoms with Gasteiger partial charge in [0.15, 0.2) is 0 Å². The maximum atomic E-state index is 3.47. The van der Waals surface area contributed by atoms with Crippen LogP contribution in [-0.2, 0) is 0 Å². The van der Waals surface area contributed by atoms with E-state index in [9.17, 15) is 0 Å². The summed E-state index contributed by atoms with van der Waals surface area (Å²) in [6.45, 7) is 15.5. The maximum absolute atomic E-state index is 3.47. The van der Waals surface area contributed by atoms with Crippen LogP contribution in [0.3, 0.4) is 0 Å². The minimum Gasteiger partial charge on any atom is -0.315 e. The first kappa shape index (κ1) is 15.9. The second kappa shape index (κ2) is 8.04. The van der Waals surface area contributed by atoms with E-state index in [0.29, 0.717) is 6.04 Å². The number of hydrogen-bond donors (Lipinski definition) is 2. The van der Waals surface area contributed by atoms with Crippen molar-refractivity contribution in [3.63, 3.8) is 0 Å². The molecule has 0 heterocycles. The standard InChI is InChI=1S/C13H31N3/c1-12(2)16(6)11-7-8-14-9-10-15-13(3,4)5/h12,14-15H,7-11H2,1-6H3. The van der Waals surface area contributed by atoms with E-state index in [2.05, 4.69) is 57.2 Å². The van der Waals surface area contributed by atoms with Gasteiger partial charge in [-0.25, -0.2) is 0 Å². The molecule has 16 heavy (non-hydrogen) atoms. The average Bonchev–Trinajstić information content (AvgIpc) is 2.14. The Bertz CT molecular complexity index is 161. The van der Waals surface area contributed by atoms with Crippen molar-refractivity contribution >= 4 is 0 Å². The topological polar surface area (TPSA) is 27.3 Å². The van der Waals surface area contributed by atoms with Gasteiger partial charge in [-0.1, -0.05) is 0 Å². The Balaban J connectivity index is 3.22. The van der Waals surface area contributed by atoms with Crippen LogP contribution in [0, 0.1) is 0 Å². The minimum atomic E-state index is 0.236.